The SMILES string of the molecule is COc1ccc2nc(Sc3cccc(Cl)c3C#N)[nH]c2c1. The highest BCUT2D eigenvalue weighted by Crippen LogP contribution is 2.33. The molecule has 0 radical (unpaired) electrons. The average molecular weight is 316 g/mol. The first-order valence-electron chi connectivity index (χ1n) is 6.11. The predicted octanol–water partition coefficient (Wildman–Crippen LogP) is 4.25. The van der Waals surface area contributed by atoms with Gasteiger partial charge in [0.25, 0.3) is 0 Å². The minimum atomic E-state index is 0.445. The van der Waals surface area contributed by atoms with Crippen molar-refractivity contribution in [3.63, 3.8) is 0 Å². The molecule has 2 aromatic carbocycles. The molecule has 0 aliphatic rings. The van der Waals surface area contributed by atoms with Gasteiger partial charge in [-0.1, -0.05) is 29.4 Å². The molecule has 21 heavy (non-hydrogen) atoms. The molecule has 0 saturated heterocycles. The van der Waals surface area contributed by atoms with Crippen LogP contribution in [0.1, 0.15) is 5.56 Å². The fraction of sp³-hybridized carbons (Fsp3) is 0.0667. The summed E-state index contributed by atoms with van der Waals surface area (Å²) in [5, 5.41) is 10.3. The van der Waals surface area contributed by atoms with E-state index >= 15 is 0 Å². The molecule has 104 valence electrons. The molecular weight excluding hydrogens is 306 g/mol. The second kappa shape index (κ2) is 5.68. The standard InChI is InChI=1S/C15H10ClN3OS/c1-20-9-5-6-12-13(7-9)19-15(18-12)21-14-4-2-3-11(16)10(14)8-17/h2-7H,1H3,(H,18,19). The summed E-state index contributed by atoms with van der Waals surface area (Å²) in [6, 6.07) is 13.1. The largest absolute Gasteiger partial charge is 0.497 e. The first-order valence-corrected chi connectivity index (χ1v) is 7.31. The Balaban J connectivity index is 1.99. The summed E-state index contributed by atoms with van der Waals surface area (Å²) in [4.78, 5) is 8.47. The summed E-state index contributed by atoms with van der Waals surface area (Å²) in [5.74, 6) is 0.767. The van der Waals surface area contributed by atoms with Gasteiger partial charge in [-0.15, -0.1) is 0 Å². The van der Waals surface area contributed by atoms with Crippen LogP contribution in [-0.4, -0.2) is 17.1 Å². The molecule has 3 rings (SSSR count). The maximum atomic E-state index is 9.19. The fourth-order valence-electron chi connectivity index (χ4n) is 1.94. The third-order valence-electron chi connectivity index (χ3n) is 2.96. The zero-order valence-electron chi connectivity index (χ0n) is 11.1. The number of aromatic amines is 1. The van der Waals surface area contributed by atoms with Gasteiger partial charge in [0.05, 0.1) is 28.7 Å². The first-order chi connectivity index (χ1) is 10.2. The molecule has 6 heteroatoms. The molecule has 1 heterocycles. The summed E-state index contributed by atoms with van der Waals surface area (Å²) in [6.45, 7) is 0. The molecule has 0 amide bonds. The second-order valence-electron chi connectivity index (χ2n) is 4.25. The number of ether oxygens (including phenoxy) is 1. The molecule has 4 nitrogen and oxygen atoms in total. The molecule has 0 aliphatic carbocycles. The zero-order chi connectivity index (χ0) is 14.8. The third-order valence-corrected chi connectivity index (χ3v) is 4.22. The van der Waals surface area contributed by atoms with Gasteiger partial charge in [0.15, 0.2) is 5.16 Å². The van der Waals surface area contributed by atoms with Gasteiger partial charge < -0.3 is 9.72 Å². The topological polar surface area (TPSA) is 61.7 Å². The van der Waals surface area contributed by atoms with Crippen molar-refractivity contribution >= 4 is 34.4 Å². The van der Waals surface area contributed by atoms with Crippen molar-refractivity contribution in [2.24, 2.45) is 0 Å². The van der Waals surface area contributed by atoms with Crippen LogP contribution in [0, 0.1) is 11.3 Å². The van der Waals surface area contributed by atoms with Gasteiger partial charge in [-0.3, -0.25) is 0 Å². The summed E-state index contributed by atoms with van der Waals surface area (Å²) in [5.41, 5.74) is 2.19. The number of halogens is 1. The van der Waals surface area contributed by atoms with E-state index in [2.05, 4.69) is 16.0 Å². The summed E-state index contributed by atoms with van der Waals surface area (Å²) in [6.07, 6.45) is 0. The smallest absolute Gasteiger partial charge is 0.171 e. The number of hydrogen-bond acceptors (Lipinski definition) is 4. The number of nitrogens with one attached hydrogen (secondary N) is 1. The lowest BCUT2D eigenvalue weighted by Gasteiger charge is -2.02. The minimum absolute atomic E-state index is 0.445. The molecule has 0 spiro atoms. The zero-order valence-corrected chi connectivity index (χ0v) is 12.6. The van der Waals surface area contributed by atoms with E-state index in [9.17, 15) is 5.26 Å². The van der Waals surface area contributed by atoms with Crippen LogP contribution >= 0.6 is 23.4 Å². The van der Waals surface area contributed by atoms with Crippen molar-refractivity contribution in [3.8, 4) is 11.8 Å². The Labute approximate surface area is 130 Å². The summed E-state index contributed by atoms with van der Waals surface area (Å²) < 4.78 is 5.19. The van der Waals surface area contributed by atoms with E-state index in [1.54, 1.807) is 13.2 Å². The van der Waals surface area contributed by atoms with Crippen molar-refractivity contribution < 1.29 is 4.74 Å². The molecule has 1 N–H and O–H groups in total. The lowest BCUT2D eigenvalue weighted by Crippen LogP contribution is -1.83. The number of methoxy groups -OCH3 is 1. The van der Waals surface area contributed by atoms with Crippen LogP contribution < -0.4 is 4.74 Å². The molecule has 0 saturated carbocycles. The highest BCUT2D eigenvalue weighted by Gasteiger charge is 2.11. The Morgan fingerprint density at radius 1 is 1.33 bits per heavy atom. The number of rotatable bonds is 3. The van der Waals surface area contributed by atoms with Crippen molar-refractivity contribution in [2.75, 3.05) is 7.11 Å². The Kier molecular flexibility index (Phi) is 3.74. The van der Waals surface area contributed by atoms with Crippen LogP contribution in [0.5, 0.6) is 5.75 Å². The Morgan fingerprint density at radius 2 is 2.19 bits per heavy atom. The van der Waals surface area contributed by atoms with E-state index in [-0.39, 0.29) is 0 Å². The van der Waals surface area contributed by atoms with Gasteiger partial charge in [0.2, 0.25) is 0 Å². The van der Waals surface area contributed by atoms with Crippen LogP contribution in [-0.2, 0) is 0 Å². The molecule has 0 unspecified atom stereocenters. The summed E-state index contributed by atoms with van der Waals surface area (Å²) in [7, 11) is 1.62. The van der Waals surface area contributed by atoms with E-state index in [1.807, 2.05) is 30.3 Å². The van der Waals surface area contributed by atoms with Crippen molar-refractivity contribution in [3.05, 3.63) is 47.0 Å². The van der Waals surface area contributed by atoms with Gasteiger partial charge in [-0.2, -0.15) is 5.26 Å². The van der Waals surface area contributed by atoms with E-state index in [0.29, 0.717) is 15.7 Å². The second-order valence-corrected chi connectivity index (χ2v) is 5.69. The molecule has 1 aromatic heterocycles. The van der Waals surface area contributed by atoms with Crippen LogP contribution in [0.25, 0.3) is 11.0 Å². The number of H-pyrrole nitrogens is 1. The predicted molar refractivity (Wildman–Crippen MR) is 82.9 cm³/mol. The van der Waals surface area contributed by atoms with E-state index < -0.39 is 0 Å². The van der Waals surface area contributed by atoms with Crippen LogP contribution in [0.2, 0.25) is 5.02 Å². The third kappa shape index (κ3) is 2.68. The van der Waals surface area contributed by atoms with Gasteiger partial charge in [0, 0.05) is 11.0 Å². The van der Waals surface area contributed by atoms with Crippen molar-refractivity contribution in [2.45, 2.75) is 10.1 Å². The lowest BCUT2D eigenvalue weighted by molar-refractivity contribution is 0.415. The number of nitrogens with zero attached hydrogens (tertiary/aromatic N) is 2. The Morgan fingerprint density at radius 3 is 2.95 bits per heavy atom. The highest BCUT2D eigenvalue weighted by molar-refractivity contribution is 7.99. The molecule has 0 atom stereocenters. The van der Waals surface area contributed by atoms with Gasteiger partial charge in [-0.25, -0.2) is 4.98 Å². The fourth-order valence-corrected chi connectivity index (χ4v) is 3.13. The van der Waals surface area contributed by atoms with Gasteiger partial charge >= 0.3 is 0 Å². The van der Waals surface area contributed by atoms with Gasteiger partial charge in [-0.05, 0) is 24.3 Å². The maximum absolute atomic E-state index is 9.19. The number of fused-ring (bicyclic) bond motifs is 1. The lowest BCUT2D eigenvalue weighted by atomic mass is 10.2. The molecule has 0 aliphatic heterocycles. The van der Waals surface area contributed by atoms with Gasteiger partial charge in [0.1, 0.15) is 11.8 Å². The number of benzene rings is 2. The number of aromatic nitrogens is 2. The van der Waals surface area contributed by atoms with Crippen LogP contribution in [0.15, 0.2) is 46.5 Å². The van der Waals surface area contributed by atoms with Crippen molar-refractivity contribution in [1.82, 2.24) is 9.97 Å². The quantitative estimate of drug-likeness (QED) is 0.785. The number of imidazole rings is 1. The average Bonchev–Trinajstić information content (AvgIpc) is 2.88. The van der Waals surface area contributed by atoms with E-state index in [4.69, 9.17) is 16.3 Å². The number of nitriles is 1. The Hall–Kier alpha value is -2.16. The molecular formula is C15H10ClN3OS. The normalized spacial score (nSPS) is 10.5. The maximum Gasteiger partial charge on any atom is 0.171 e. The van der Waals surface area contributed by atoms with Crippen molar-refractivity contribution in [1.29, 1.82) is 5.26 Å². The molecule has 0 fully saturated rings. The van der Waals surface area contributed by atoms with E-state index in [1.165, 1.54) is 11.8 Å². The van der Waals surface area contributed by atoms with Crippen LogP contribution in [0.4, 0.5) is 0 Å². The Bertz CT molecular complexity index is 854. The molecule has 3 aromatic rings. The number of hydrogen-bond donors (Lipinski definition) is 1. The molecule has 0 bridgehead atoms. The highest BCUT2D eigenvalue weighted by atomic mass is 35.5. The summed E-state index contributed by atoms with van der Waals surface area (Å²) >= 11 is 7.41. The monoisotopic (exact) mass is 315 g/mol. The first kappa shape index (κ1) is 13.8. The minimum Gasteiger partial charge on any atom is -0.497 e. The van der Waals surface area contributed by atoms with Crippen LogP contribution in [0.3, 0.4) is 0 Å². The van der Waals surface area contributed by atoms with E-state index in [0.717, 1.165) is 21.7 Å².